The van der Waals surface area contributed by atoms with Crippen molar-refractivity contribution in [1.82, 2.24) is 75.3 Å². The molecule has 12 aliphatic rings. The molecule has 3 aromatic carbocycles. The highest BCUT2D eigenvalue weighted by Gasteiger charge is 2.46. The van der Waals surface area contributed by atoms with Crippen molar-refractivity contribution in [1.29, 1.82) is 0 Å². The van der Waals surface area contributed by atoms with Gasteiger partial charge in [0.05, 0.1) is 73.8 Å². The Morgan fingerprint density at radius 3 is 0.978 bits per heavy atom. The molecule has 6 atom stereocenters. The summed E-state index contributed by atoms with van der Waals surface area (Å²) in [6.07, 6.45) is 19.9. The number of hydrogen-bond donors (Lipinski definition) is 9. The summed E-state index contributed by atoms with van der Waals surface area (Å²) in [7, 11) is 9.57. The molecule has 3 aliphatic carbocycles. The first-order valence-corrected chi connectivity index (χ1v) is 49.0. The molecule has 38 nitrogen and oxygen atoms in total. The molecule has 0 spiro atoms. The molecule has 12 heterocycles. The zero-order chi connectivity index (χ0) is 95.0. The van der Waals surface area contributed by atoms with E-state index in [2.05, 4.69) is 114 Å². The smallest absolute Gasteiger partial charge is 0.410 e. The zero-order valence-corrected chi connectivity index (χ0v) is 80.4. The largest absolute Gasteiger partial charge is 0.491 e. The van der Waals surface area contributed by atoms with E-state index in [9.17, 15) is 48.9 Å². The van der Waals surface area contributed by atoms with Gasteiger partial charge >= 0.3 is 6.09 Å². The summed E-state index contributed by atoms with van der Waals surface area (Å²) in [5.41, 5.74) is 7.69. The number of rotatable bonds is 27. The van der Waals surface area contributed by atoms with Crippen molar-refractivity contribution in [2.75, 3.05) is 218 Å². The van der Waals surface area contributed by atoms with Gasteiger partial charge in [-0.1, -0.05) is 59.3 Å². The lowest BCUT2D eigenvalue weighted by Crippen LogP contribution is -2.55. The molecule has 3 saturated heterocycles. The fourth-order valence-corrected chi connectivity index (χ4v) is 21.0. The second-order valence-corrected chi connectivity index (χ2v) is 38.9. The van der Waals surface area contributed by atoms with E-state index in [1.807, 2.05) is 39.8 Å². The van der Waals surface area contributed by atoms with E-state index < -0.39 is 23.9 Å². The molecule has 0 unspecified atom stereocenters. The van der Waals surface area contributed by atoms with Crippen LogP contribution in [0, 0.1) is 0 Å². The number of hydrogen-bond acceptors (Lipinski definition) is 31. The van der Waals surface area contributed by atoms with Crippen LogP contribution in [-0.2, 0) is 38.4 Å². The summed E-state index contributed by atoms with van der Waals surface area (Å²) in [4.78, 5) is 145. The van der Waals surface area contributed by atoms with Crippen LogP contribution in [0.15, 0.2) is 55.0 Å². The van der Waals surface area contributed by atoms with Gasteiger partial charge in [0.2, 0.25) is 35.6 Å². The Kier molecular flexibility index (Phi) is 30.9. The summed E-state index contributed by atoms with van der Waals surface area (Å²) in [6, 6.07) is 10.9. The molecule has 7 amide bonds. The summed E-state index contributed by atoms with van der Waals surface area (Å²) >= 11 is 0. The van der Waals surface area contributed by atoms with Crippen LogP contribution in [0.1, 0.15) is 186 Å². The number of piperazine rings is 3. The van der Waals surface area contributed by atoms with Crippen molar-refractivity contribution >= 4 is 111 Å². The average Bonchev–Trinajstić information content (AvgIpc) is 1.44. The predicted octanol–water partition coefficient (Wildman–Crippen LogP) is 7.30. The van der Waals surface area contributed by atoms with Gasteiger partial charge in [0.25, 0.3) is 17.7 Å². The van der Waals surface area contributed by atoms with Gasteiger partial charge in [0, 0.05) is 210 Å². The highest BCUT2D eigenvalue weighted by atomic mass is 16.6. The number of ether oxygens (including phenoxy) is 4. The van der Waals surface area contributed by atoms with Gasteiger partial charge in [-0.05, 0) is 129 Å². The highest BCUT2D eigenvalue weighted by molar-refractivity contribution is 6.07. The van der Waals surface area contributed by atoms with E-state index in [-0.39, 0.29) is 97.4 Å². The number of carbonyl (C=O) groups excluding carboxylic acids is 7. The number of anilines is 12. The number of aliphatic hydroxyl groups excluding tert-OH is 3. The molecular formula is C97H138N24O14. The van der Waals surface area contributed by atoms with Crippen LogP contribution in [-0.4, -0.2) is 349 Å². The summed E-state index contributed by atoms with van der Waals surface area (Å²) in [5.74, 6) is 4.89. The van der Waals surface area contributed by atoms with Crippen LogP contribution in [0.4, 0.5) is 74.2 Å². The fraction of sp³-hybridized carbons (Fsp3) is 0.619. The molecule has 38 heteroatoms. The molecule has 6 fully saturated rings. The van der Waals surface area contributed by atoms with Crippen molar-refractivity contribution in [3.05, 3.63) is 88.4 Å². The van der Waals surface area contributed by atoms with Gasteiger partial charge in [0.1, 0.15) is 58.0 Å². The lowest BCUT2D eigenvalue weighted by Gasteiger charge is -2.43. The Morgan fingerprint density at radius 1 is 0.422 bits per heavy atom. The summed E-state index contributed by atoms with van der Waals surface area (Å²) in [5, 5.41) is 50.5. The number of aromatic nitrogens is 6. The molecule has 18 rings (SSSR count). The van der Waals surface area contributed by atoms with Crippen LogP contribution >= 0.6 is 0 Å². The van der Waals surface area contributed by atoms with E-state index in [1.165, 1.54) is 0 Å². The molecule has 3 aromatic heterocycles. The van der Waals surface area contributed by atoms with Crippen LogP contribution in [0.5, 0.6) is 17.2 Å². The first-order valence-electron chi connectivity index (χ1n) is 49.0. The maximum absolute atomic E-state index is 13.3. The fourth-order valence-electron chi connectivity index (χ4n) is 21.0. The van der Waals surface area contributed by atoms with Gasteiger partial charge in [-0.15, -0.1) is 0 Å². The number of amides is 7. The third-order valence-corrected chi connectivity index (χ3v) is 28.4. The number of carbonyl (C=O) groups is 7. The Labute approximate surface area is 791 Å². The Morgan fingerprint density at radius 2 is 0.704 bits per heavy atom. The van der Waals surface area contributed by atoms with Crippen molar-refractivity contribution in [2.45, 2.75) is 217 Å². The first kappa shape index (κ1) is 97.0. The van der Waals surface area contributed by atoms with Crippen LogP contribution in [0.2, 0.25) is 0 Å². The Bertz CT molecular complexity index is 5030. The van der Waals surface area contributed by atoms with Gasteiger partial charge in [0.15, 0.2) is 17.5 Å². The van der Waals surface area contributed by atoms with Crippen LogP contribution < -0.4 is 75.5 Å². The number of nitrogens with one attached hydrogen (secondary N) is 6. The zero-order valence-electron chi connectivity index (χ0n) is 80.4. The topological polar surface area (TPSA) is 405 Å². The maximum atomic E-state index is 13.3. The third-order valence-electron chi connectivity index (χ3n) is 28.4. The van der Waals surface area contributed by atoms with Crippen molar-refractivity contribution in [3.63, 3.8) is 0 Å². The average molecular weight is 1860 g/mol. The number of likely N-dealkylation sites (N-methyl/N-ethyl adjacent to an activating group) is 5. The first-order chi connectivity index (χ1) is 65.1. The normalized spacial score (nSPS) is 21.4. The van der Waals surface area contributed by atoms with Crippen molar-refractivity contribution in [3.8, 4) is 17.2 Å². The van der Waals surface area contributed by atoms with E-state index in [4.69, 9.17) is 33.9 Å². The molecule has 9 N–H and O–H groups in total. The Balaban J connectivity index is 0.000000147. The van der Waals surface area contributed by atoms with E-state index in [0.29, 0.717) is 179 Å². The number of nitrogens with zero attached hydrogens (tertiary/aromatic N) is 18. The van der Waals surface area contributed by atoms with Crippen LogP contribution in [0.3, 0.4) is 0 Å². The number of aliphatic hydroxyl groups is 3. The molecule has 6 aromatic rings. The minimum atomic E-state index is -0.770. The van der Waals surface area contributed by atoms with Gasteiger partial charge in [-0.3, -0.25) is 43.5 Å². The lowest BCUT2D eigenvalue weighted by molar-refractivity contribution is -0.120. The van der Waals surface area contributed by atoms with Gasteiger partial charge in [-0.25, -0.2) is 19.7 Å². The summed E-state index contributed by atoms with van der Waals surface area (Å²) in [6.45, 7) is 24.9. The number of benzene rings is 3. The minimum absolute atomic E-state index is 0.0666. The predicted molar refractivity (Wildman–Crippen MR) is 517 cm³/mol. The molecule has 135 heavy (non-hydrogen) atoms. The second kappa shape index (κ2) is 43.1. The standard InChI is InChI=1S/C35H50N8O6.2C31H44N8O4/c1-6-27-32(46)40(5)28-20-37-33(39-30(28)43(27)22-9-7-8-10-22)38-26-12-11-25(24-13-18-48-29(24)26)31(45)36-19-23(44)21-41-14-16-42(17-15-41)34(47)49-35(2,3)4;2*1-4-25-30(42)37(3)26-18-33-31(35-28(26)39(25)20-7-5-6-8-20)34-24-10-9-23(22-11-16-43-27(22)24)29(41)32-17-21(40)19-38-14-12-36(2)13-15-38/h11-12,20,22-23,27,44H,6-10,13-19,21H2,1-5H3,(H,36,45)(H,37,38,39);2*9-10,18,20-21,25,40H,4-8,11-17,19H2,1-3H3,(H,32,41)(H,33,34,35)/t23-,27+;2*21-,25+/m000/s1. The van der Waals surface area contributed by atoms with Crippen molar-refractivity contribution < 1.29 is 67.8 Å². The highest BCUT2D eigenvalue weighted by Crippen LogP contribution is 2.47. The quantitative estimate of drug-likeness (QED) is 0.0244. The summed E-state index contributed by atoms with van der Waals surface area (Å²) < 4.78 is 23.4. The molecular weight excluding hydrogens is 1730 g/mol. The number of β-amino-alcohol motifs (C(OH)–C–C–N with tert-alkyl or cyclic N) is 3. The maximum Gasteiger partial charge on any atom is 0.410 e. The van der Waals surface area contributed by atoms with Crippen molar-refractivity contribution in [2.24, 2.45) is 0 Å². The van der Waals surface area contributed by atoms with Crippen LogP contribution in [0.25, 0.3) is 0 Å². The molecule has 9 aliphatic heterocycles. The van der Waals surface area contributed by atoms with E-state index >= 15 is 0 Å². The second-order valence-electron chi connectivity index (χ2n) is 38.9. The molecule has 0 radical (unpaired) electrons. The van der Waals surface area contributed by atoms with Gasteiger partial charge < -0.3 is 110 Å². The van der Waals surface area contributed by atoms with E-state index in [1.54, 1.807) is 83.6 Å². The Hall–Kier alpha value is -11.1. The monoisotopic (exact) mass is 1860 g/mol. The minimum Gasteiger partial charge on any atom is -0.491 e. The SMILES string of the molecule is CC[C@@H]1C(=O)N(C)c2cnc(Nc3ccc(C(=O)NC[C@H](O)CN4CCN(C(=O)OC(C)(C)C)CC4)c4c3OCC4)nc2N1C1CCCC1.CC[C@@H]1C(=O)N(C)c2cnc(Nc3ccc(C(=O)NC[C@H](O)CN4CCN(C)CC4)c4c3OCC4)nc2N1C1CCCC1.CC[C@@H]1C(=O)N(C)c2cnc(Nc3ccc(C(=O)NC[C@H](O)CN4CCN(C)CC4)c4c3OCC4)nc2N1C1CCCC1. The molecule has 730 valence electrons. The molecule has 3 saturated carbocycles. The lowest BCUT2D eigenvalue weighted by atomic mass is 10.0. The van der Waals surface area contributed by atoms with E-state index in [0.717, 1.165) is 175 Å². The molecule has 0 bridgehead atoms. The number of fused-ring (bicyclic) bond motifs is 6. The third kappa shape index (κ3) is 22.0. The van der Waals surface area contributed by atoms with Gasteiger partial charge in [-0.2, -0.15) is 15.0 Å².